The summed E-state index contributed by atoms with van der Waals surface area (Å²) in [4.78, 5) is 27.0. The van der Waals surface area contributed by atoms with Gasteiger partial charge in [0, 0.05) is 26.6 Å². The quantitative estimate of drug-likeness (QED) is 0.668. The van der Waals surface area contributed by atoms with Crippen LogP contribution in [0.5, 0.6) is 0 Å². The summed E-state index contributed by atoms with van der Waals surface area (Å²) in [5.41, 5.74) is 0. The molecule has 0 radical (unpaired) electrons. The summed E-state index contributed by atoms with van der Waals surface area (Å²) in [6.45, 7) is 2.85. The smallest absolute Gasteiger partial charge is 0.308 e. The highest BCUT2D eigenvalue weighted by atomic mass is 16.5. The van der Waals surface area contributed by atoms with Crippen molar-refractivity contribution in [1.82, 2.24) is 9.80 Å². The van der Waals surface area contributed by atoms with Gasteiger partial charge in [-0.15, -0.1) is 0 Å². The van der Waals surface area contributed by atoms with Crippen molar-refractivity contribution in [2.75, 3.05) is 40.3 Å². The molecule has 1 rings (SSSR count). The Labute approximate surface area is 120 Å². The molecular formula is C14H23N3O3. The molecule has 1 saturated heterocycles. The van der Waals surface area contributed by atoms with Gasteiger partial charge in [0.1, 0.15) is 0 Å². The zero-order valence-corrected chi connectivity index (χ0v) is 12.3. The molecule has 1 heterocycles. The first-order valence-electron chi connectivity index (χ1n) is 6.99. The number of nitriles is 1. The second kappa shape index (κ2) is 8.54. The molecule has 0 N–H and O–H groups in total. The minimum atomic E-state index is -0.128. The maximum atomic E-state index is 11.8. The first-order chi connectivity index (χ1) is 9.58. The van der Waals surface area contributed by atoms with E-state index in [1.54, 1.807) is 11.9 Å². The first-order valence-corrected chi connectivity index (χ1v) is 6.99. The average molecular weight is 281 g/mol. The Balaban J connectivity index is 2.22. The number of piperidine rings is 1. The van der Waals surface area contributed by atoms with Crippen LogP contribution in [0, 0.1) is 17.2 Å². The highest BCUT2D eigenvalue weighted by molar-refractivity contribution is 5.76. The van der Waals surface area contributed by atoms with E-state index < -0.39 is 0 Å². The SMILES string of the molecule is COC(=O)C1CCN(CCC(=O)N(C)CCC#N)CC1. The second-order valence-electron chi connectivity index (χ2n) is 5.11. The molecule has 1 aliphatic rings. The number of hydrogen-bond acceptors (Lipinski definition) is 5. The zero-order valence-electron chi connectivity index (χ0n) is 12.3. The average Bonchev–Trinajstić information content (AvgIpc) is 2.49. The van der Waals surface area contributed by atoms with Crippen LogP contribution in [0.2, 0.25) is 0 Å². The molecule has 0 aromatic carbocycles. The number of hydrogen-bond donors (Lipinski definition) is 0. The van der Waals surface area contributed by atoms with Gasteiger partial charge in [0.05, 0.1) is 25.5 Å². The number of carbonyl (C=O) groups is 2. The lowest BCUT2D eigenvalue weighted by molar-refractivity contribution is -0.147. The summed E-state index contributed by atoms with van der Waals surface area (Å²) in [5, 5.41) is 8.49. The van der Waals surface area contributed by atoms with Gasteiger partial charge in [0.2, 0.25) is 5.91 Å². The monoisotopic (exact) mass is 281 g/mol. The normalized spacial score (nSPS) is 16.4. The minimum Gasteiger partial charge on any atom is -0.469 e. The molecule has 0 aromatic heterocycles. The predicted octanol–water partition coefficient (Wildman–Crippen LogP) is 0.634. The van der Waals surface area contributed by atoms with E-state index in [-0.39, 0.29) is 17.8 Å². The summed E-state index contributed by atoms with van der Waals surface area (Å²) >= 11 is 0. The Hall–Kier alpha value is -1.61. The Morgan fingerprint density at radius 3 is 2.60 bits per heavy atom. The Bertz CT molecular complexity index is 370. The van der Waals surface area contributed by atoms with Crippen LogP contribution in [0.4, 0.5) is 0 Å². The van der Waals surface area contributed by atoms with Crippen molar-refractivity contribution < 1.29 is 14.3 Å². The summed E-state index contributed by atoms with van der Waals surface area (Å²) < 4.78 is 4.75. The molecule has 0 unspecified atom stereocenters. The van der Waals surface area contributed by atoms with Crippen molar-refractivity contribution >= 4 is 11.9 Å². The van der Waals surface area contributed by atoms with Gasteiger partial charge in [-0.3, -0.25) is 9.59 Å². The Kier molecular flexibility index (Phi) is 7.02. The van der Waals surface area contributed by atoms with Crippen LogP contribution in [0.25, 0.3) is 0 Å². The molecule has 1 amide bonds. The molecule has 0 aromatic rings. The third-order valence-corrected chi connectivity index (χ3v) is 3.75. The summed E-state index contributed by atoms with van der Waals surface area (Å²) in [7, 11) is 3.15. The number of methoxy groups -OCH3 is 1. The second-order valence-corrected chi connectivity index (χ2v) is 5.11. The number of esters is 1. The van der Waals surface area contributed by atoms with E-state index in [4.69, 9.17) is 10.00 Å². The standard InChI is InChI=1S/C14H23N3O3/c1-16(8-3-7-15)13(18)6-11-17-9-4-12(5-10-17)14(19)20-2/h12H,3-6,8-11H2,1-2H3. The number of likely N-dealkylation sites (tertiary alicyclic amines) is 1. The lowest BCUT2D eigenvalue weighted by atomic mass is 9.97. The molecule has 0 bridgehead atoms. The van der Waals surface area contributed by atoms with Gasteiger partial charge in [-0.05, 0) is 25.9 Å². The fraction of sp³-hybridized carbons (Fsp3) is 0.786. The maximum Gasteiger partial charge on any atom is 0.308 e. The van der Waals surface area contributed by atoms with Crippen LogP contribution in [0.3, 0.4) is 0 Å². The van der Waals surface area contributed by atoms with Crippen molar-refractivity contribution in [1.29, 1.82) is 5.26 Å². The number of amides is 1. The highest BCUT2D eigenvalue weighted by Crippen LogP contribution is 2.18. The zero-order chi connectivity index (χ0) is 15.0. The van der Waals surface area contributed by atoms with Crippen molar-refractivity contribution in [2.45, 2.75) is 25.7 Å². The topological polar surface area (TPSA) is 73.6 Å². The van der Waals surface area contributed by atoms with E-state index in [1.807, 2.05) is 6.07 Å². The summed E-state index contributed by atoms with van der Waals surface area (Å²) in [6.07, 6.45) is 2.42. The summed E-state index contributed by atoms with van der Waals surface area (Å²) in [6, 6.07) is 2.03. The molecule has 1 aliphatic heterocycles. The Morgan fingerprint density at radius 2 is 2.05 bits per heavy atom. The lowest BCUT2D eigenvalue weighted by Gasteiger charge is -2.30. The minimum absolute atomic E-state index is 0.00486. The van der Waals surface area contributed by atoms with E-state index >= 15 is 0 Å². The van der Waals surface area contributed by atoms with Gasteiger partial charge in [-0.25, -0.2) is 0 Å². The molecule has 112 valence electrons. The molecule has 1 fully saturated rings. The van der Waals surface area contributed by atoms with E-state index in [0.717, 1.165) is 25.9 Å². The van der Waals surface area contributed by atoms with Gasteiger partial charge >= 0.3 is 5.97 Å². The third kappa shape index (κ3) is 5.17. The Morgan fingerprint density at radius 1 is 1.40 bits per heavy atom. The van der Waals surface area contributed by atoms with E-state index in [0.29, 0.717) is 25.9 Å². The van der Waals surface area contributed by atoms with Crippen molar-refractivity contribution in [2.24, 2.45) is 5.92 Å². The van der Waals surface area contributed by atoms with Crippen LogP contribution in [-0.2, 0) is 14.3 Å². The van der Waals surface area contributed by atoms with Gasteiger partial charge in [-0.2, -0.15) is 5.26 Å². The van der Waals surface area contributed by atoms with Gasteiger partial charge < -0.3 is 14.5 Å². The molecule has 20 heavy (non-hydrogen) atoms. The van der Waals surface area contributed by atoms with Crippen LogP contribution < -0.4 is 0 Å². The highest BCUT2D eigenvalue weighted by Gasteiger charge is 2.25. The predicted molar refractivity (Wildman–Crippen MR) is 73.7 cm³/mol. The first kappa shape index (κ1) is 16.4. The molecule has 6 nitrogen and oxygen atoms in total. The van der Waals surface area contributed by atoms with Crippen molar-refractivity contribution in [3.05, 3.63) is 0 Å². The van der Waals surface area contributed by atoms with E-state index in [2.05, 4.69) is 4.90 Å². The maximum absolute atomic E-state index is 11.8. The van der Waals surface area contributed by atoms with Crippen LogP contribution in [0.15, 0.2) is 0 Å². The fourth-order valence-electron chi connectivity index (χ4n) is 2.35. The molecule has 0 saturated carbocycles. The lowest BCUT2D eigenvalue weighted by Crippen LogP contribution is -2.39. The van der Waals surface area contributed by atoms with Crippen LogP contribution in [0.1, 0.15) is 25.7 Å². The summed E-state index contributed by atoms with van der Waals surface area (Å²) in [5.74, 6) is -0.0578. The number of rotatable bonds is 6. The van der Waals surface area contributed by atoms with Gasteiger partial charge in [-0.1, -0.05) is 0 Å². The number of nitrogens with zero attached hydrogens (tertiary/aromatic N) is 3. The fourth-order valence-corrected chi connectivity index (χ4v) is 2.35. The molecule has 0 aliphatic carbocycles. The largest absolute Gasteiger partial charge is 0.469 e. The molecular weight excluding hydrogens is 258 g/mol. The molecule has 0 atom stereocenters. The number of ether oxygens (including phenoxy) is 1. The molecule has 6 heteroatoms. The van der Waals surface area contributed by atoms with E-state index in [1.165, 1.54) is 7.11 Å². The number of carbonyl (C=O) groups excluding carboxylic acids is 2. The van der Waals surface area contributed by atoms with Gasteiger partial charge in [0.25, 0.3) is 0 Å². The van der Waals surface area contributed by atoms with Gasteiger partial charge in [0.15, 0.2) is 0 Å². The van der Waals surface area contributed by atoms with E-state index in [9.17, 15) is 9.59 Å². The van der Waals surface area contributed by atoms with Crippen molar-refractivity contribution in [3.63, 3.8) is 0 Å². The third-order valence-electron chi connectivity index (χ3n) is 3.75. The van der Waals surface area contributed by atoms with Crippen LogP contribution in [-0.4, -0.2) is 62.0 Å². The van der Waals surface area contributed by atoms with Crippen LogP contribution >= 0.6 is 0 Å². The van der Waals surface area contributed by atoms with Crippen molar-refractivity contribution in [3.8, 4) is 6.07 Å². The molecule has 0 spiro atoms.